The van der Waals surface area contributed by atoms with Gasteiger partial charge in [0.2, 0.25) is 5.78 Å². The first-order valence-electron chi connectivity index (χ1n) is 11.9. The van der Waals surface area contributed by atoms with Gasteiger partial charge in [-0.15, -0.1) is 0 Å². The van der Waals surface area contributed by atoms with E-state index in [1.165, 1.54) is 37.3 Å². The van der Waals surface area contributed by atoms with Crippen LogP contribution in [0.4, 0.5) is 0 Å². The maximum Gasteiger partial charge on any atom is 0.229 e. The minimum absolute atomic E-state index is 0.240. The smallest absolute Gasteiger partial charge is 0.229 e. The highest BCUT2D eigenvalue weighted by molar-refractivity contribution is 6.10. The minimum Gasteiger partial charge on any atom is -0.453 e. The fraction of sp³-hybridized carbons (Fsp3) is 0.310. The molecule has 0 aliphatic carbocycles. The molecule has 0 bridgehead atoms. The van der Waals surface area contributed by atoms with Crippen LogP contribution in [0.25, 0.3) is 22.0 Å². The summed E-state index contributed by atoms with van der Waals surface area (Å²) in [6.45, 7) is 13.8. The fourth-order valence-corrected chi connectivity index (χ4v) is 3.41. The second-order valence-electron chi connectivity index (χ2n) is 8.33. The van der Waals surface area contributed by atoms with Gasteiger partial charge in [0.15, 0.2) is 5.76 Å². The van der Waals surface area contributed by atoms with E-state index in [4.69, 9.17) is 10.2 Å². The van der Waals surface area contributed by atoms with Crippen LogP contribution in [0.3, 0.4) is 0 Å². The fourth-order valence-electron chi connectivity index (χ4n) is 3.41. The predicted molar refractivity (Wildman–Crippen MR) is 143 cm³/mol. The van der Waals surface area contributed by atoms with Gasteiger partial charge in [0, 0.05) is 16.7 Å². The summed E-state index contributed by atoms with van der Waals surface area (Å²) < 4.78 is 5.48. The normalized spacial score (nSPS) is 11.2. The zero-order valence-electron chi connectivity index (χ0n) is 21.1. The first-order chi connectivity index (χ1) is 16.3. The number of carbonyl (C=O) groups is 1. The van der Waals surface area contributed by atoms with E-state index in [1.54, 1.807) is 13.0 Å². The van der Waals surface area contributed by atoms with Crippen molar-refractivity contribution in [2.45, 2.75) is 60.3 Å². The number of H-pyrrole nitrogens is 1. The summed E-state index contributed by atoms with van der Waals surface area (Å²) in [6, 6.07) is 15.4. The second kappa shape index (κ2) is 13.2. The molecule has 0 unspecified atom stereocenters. The summed E-state index contributed by atoms with van der Waals surface area (Å²) in [7, 11) is 0. The standard InChI is InChI=1S/C14H13NO2.C9H10N2.C6H14/c1-3-11(9(2)15)14(16)13-8-10-6-4-5-7-12(10)17-13;1-6-3-4-8-9(5-6)11-7(2)10-8;1-3-5-6-4-2/h3-8H,1,15H2,2H3;3-5H,1-2H3,(H,10,11);3-6H2,1-2H3/b11-9-;;. The highest BCUT2D eigenvalue weighted by Crippen LogP contribution is 2.21. The van der Waals surface area contributed by atoms with E-state index in [0.717, 1.165) is 22.2 Å². The van der Waals surface area contributed by atoms with Gasteiger partial charge in [0.1, 0.15) is 11.4 Å². The Morgan fingerprint density at radius 1 is 1.09 bits per heavy atom. The number of aromatic amines is 1. The molecule has 0 atom stereocenters. The summed E-state index contributed by atoms with van der Waals surface area (Å²) in [4.78, 5) is 19.6. The third-order valence-electron chi connectivity index (χ3n) is 5.24. The Balaban J connectivity index is 0.000000205. The molecule has 34 heavy (non-hydrogen) atoms. The van der Waals surface area contributed by atoms with Crippen molar-refractivity contribution in [3.05, 3.63) is 89.6 Å². The van der Waals surface area contributed by atoms with Gasteiger partial charge in [-0.1, -0.05) is 76.5 Å². The van der Waals surface area contributed by atoms with E-state index < -0.39 is 0 Å². The van der Waals surface area contributed by atoms with Gasteiger partial charge in [-0.2, -0.15) is 0 Å². The number of benzene rings is 2. The van der Waals surface area contributed by atoms with E-state index in [2.05, 4.69) is 49.5 Å². The number of imidazole rings is 1. The molecule has 2 aromatic heterocycles. The average molecular weight is 460 g/mol. The highest BCUT2D eigenvalue weighted by Gasteiger charge is 2.16. The number of nitrogens with zero attached hydrogens (tertiary/aromatic N) is 1. The molecule has 2 heterocycles. The molecule has 0 fully saturated rings. The Hall–Kier alpha value is -3.60. The molecule has 0 aliphatic rings. The van der Waals surface area contributed by atoms with Crippen LogP contribution >= 0.6 is 0 Å². The lowest BCUT2D eigenvalue weighted by atomic mass is 10.1. The number of fused-ring (bicyclic) bond motifs is 2. The van der Waals surface area contributed by atoms with Gasteiger partial charge in [-0.05, 0) is 50.6 Å². The zero-order chi connectivity index (χ0) is 25.1. The molecular weight excluding hydrogens is 422 g/mol. The quantitative estimate of drug-likeness (QED) is 0.133. The molecular formula is C29H37N3O2. The number of unbranched alkanes of at least 4 members (excludes halogenated alkanes) is 3. The van der Waals surface area contributed by atoms with Crippen LogP contribution in [0.15, 0.2) is 76.9 Å². The number of aromatic nitrogens is 2. The number of aryl methyl sites for hydroxylation is 2. The Kier molecular flexibility index (Phi) is 10.3. The molecule has 180 valence electrons. The second-order valence-corrected chi connectivity index (χ2v) is 8.33. The van der Waals surface area contributed by atoms with E-state index in [9.17, 15) is 4.79 Å². The Labute approximate surface area is 202 Å². The van der Waals surface area contributed by atoms with Gasteiger partial charge in [-0.3, -0.25) is 4.79 Å². The molecule has 5 heteroatoms. The molecule has 2 aromatic carbocycles. The van der Waals surface area contributed by atoms with Crippen molar-refractivity contribution < 1.29 is 9.21 Å². The molecule has 0 saturated heterocycles. The molecule has 4 rings (SSSR count). The minimum atomic E-state index is -0.240. The number of furan rings is 1. The van der Waals surface area contributed by atoms with Crippen molar-refractivity contribution in [1.29, 1.82) is 0 Å². The molecule has 0 aliphatic heterocycles. The van der Waals surface area contributed by atoms with E-state index in [1.807, 2.05) is 37.3 Å². The van der Waals surface area contributed by atoms with Crippen LogP contribution in [0, 0.1) is 13.8 Å². The lowest BCUT2D eigenvalue weighted by molar-refractivity contribution is 0.101. The van der Waals surface area contributed by atoms with Crippen molar-refractivity contribution in [2.24, 2.45) is 5.73 Å². The van der Waals surface area contributed by atoms with E-state index in [-0.39, 0.29) is 11.5 Å². The number of hydrogen-bond donors (Lipinski definition) is 2. The van der Waals surface area contributed by atoms with Crippen molar-refractivity contribution in [3.63, 3.8) is 0 Å². The molecule has 0 radical (unpaired) electrons. The molecule has 0 saturated carbocycles. The summed E-state index contributed by atoms with van der Waals surface area (Å²) in [6.07, 6.45) is 6.99. The average Bonchev–Trinajstić information content (AvgIpc) is 3.41. The number of para-hydroxylation sites is 1. The lowest BCUT2D eigenvalue weighted by Crippen LogP contribution is -2.06. The number of allylic oxidation sites excluding steroid dienone is 3. The number of nitrogens with one attached hydrogen (secondary N) is 1. The highest BCUT2D eigenvalue weighted by atomic mass is 16.3. The Morgan fingerprint density at radius 3 is 2.35 bits per heavy atom. The molecule has 3 N–H and O–H groups in total. The van der Waals surface area contributed by atoms with Crippen molar-refractivity contribution >= 4 is 27.8 Å². The van der Waals surface area contributed by atoms with Gasteiger partial charge < -0.3 is 15.1 Å². The Morgan fingerprint density at radius 2 is 1.76 bits per heavy atom. The van der Waals surface area contributed by atoms with E-state index in [0.29, 0.717) is 16.9 Å². The summed E-state index contributed by atoms with van der Waals surface area (Å²) in [5.41, 5.74) is 10.6. The molecule has 0 amide bonds. The largest absolute Gasteiger partial charge is 0.453 e. The van der Waals surface area contributed by atoms with Gasteiger partial charge in [0.25, 0.3) is 0 Å². The number of nitrogens with two attached hydrogens (primary N) is 1. The number of ketones is 1. The topological polar surface area (TPSA) is 84.9 Å². The molecule has 0 spiro atoms. The van der Waals surface area contributed by atoms with Gasteiger partial charge in [0.05, 0.1) is 11.0 Å². The maximum absolute atomic E-state index is 12.1. The number of Topliss-reactive ketones (excluding diaryl/α,β-unsaturated/α-hetero) is 1. The van der Waals surface area contributed by atoms with E-state index >= 15 is 0 Å². The van der Waals surface area contributed by atoms with Crippen LogP contribution in [0.5, 0.6) is 0 Å². The van der Waals surface area contributed by atoms with Crippen molar-refractivity contribution in [1.82, 2.24) is 9.97 Å². The summed E-state index contributed by atoms with van der Waals surface area (Å²) >= 11 is 0. The van der Waals surface area contributed by atoms with Crippen LogP contribution in [0.2, 0.25) is 0 Å². The molecule has 4 aromatic rings. The number of rotatable bonds is 6. The van der Waals surface area contributed by atoms with Crippen LogP contribution in [0.1, 0.15) is 68.4 Å². The van der Waals surface area contributed by atoms with Gasteiger partial charge >= 0.3 is 0 Å². The number of hydrogen-bond acceptors (Lipinski definition) is 4. The lowest BCUT2D eigenvalue weighted by Gasteiger charge is -2.00. The van der Waals surface area contributed by atoms with Crippen LogP contribution in [-0.2, 0) is 0 Å². The first kappa shape index (κ1) is 26.7. The predicted octanol–water partition coefficient (Wildman–Crippen LogP) is 7.80. The van der Waals surface area contributed by atoms with Crippen molar-refractivity contribution in [3.8, 4) is 0 Å². The van der Waals surface area contributed by atoms with Crippen LogP contribution < -0.4 is 5.73 Å². The van der Waals surface area contributed by atoms with Crippen molar-refractivity contribution in [2.75, 3.05) is 0 Å². The molecule has 5 nitrogen and oxygen atoms in total. The summed E-state index contributed by atoms with van der Waals surface area (Å²) in [5.74, 6) is 1.02. The number of carbonyl (C=O) groups excluding carboxylic acids is 1. The first-order valence-corrected chi connectivity index (χ1v) is 11.9. The third-order valence-corrected chi connectivity index (χ3v) is 5.24. The SMILES string of the molecule is C=C/C(C(=O)c1cc2ccccc2o1)=C(\C)N.CCCCCC.Cc1ccc2nc(C)[nH]c2c1. The monoisotopic (exact) mass is 459 g/mol. The van der Waals surface area contributed by atoms with Gasteiger partial charge in [-0.25, -0.2) is 4.98 Å². The summed E-state index contributed by atoms with van der Waals surface area (Å²) in [5, 5.41) is 0.897. The zero-order valence-corrected chi connectivity index (χ0v) is 21.1. The van der Waals surface area contributed by atoms with Crippen LogP contribution in [-0.4, -0.2) is 15.8 Å². The third kappa shape index (κ3) is 7.48. The Bertz CT molecular complexity index is 1220. The maximum atomic E-state index is 12.1.